The Bertz CT molecular complexity index is 1440. The highest BCUT2D eigenvalue weighted by molar-refractivity contribution is 7.07. The predicted octanol–water partition coefficient (Wildman–Crippen LogP) is 4.05. The molecule has 0 unspecified atom stereocenters. The number of allylic oxidation sites excluding steroid dienone is 1. The molecule has 2 heterocycles. The third kappa shape index (κ3) is 4.67. The Morgan fingerprint density at radius 2 is 1.94 bits per heavy atom. The third-order valence-corrected chi connectivity index (χ3v) is 6.36. The van der Waals surface area contributed by atoms with Crippen LogP contribution in [0.25, 0.3) is 6.08 Å². The fraction of sp³-hybridized carbons (Fsp3) is 0.208. The number of hydrogen-bond donors (Lipinski definition) is 0. The van der Waals surface area contributed by atoms with Crippen LogP contribution in [0.5, 0.6) is 5.75 Å². The van der Waals surface area contributed by atoms with Crippen LogP contribution in [0.15, 0.2) is 69.6 Å². The number of para-hydroxylation sites is 1. The number of hydrogen-bond acceptors (Lipinski definition) is 6. The number of aromatic nitrogens is 1. The molecule has 0 saturated heterocycles. The Kier molecular flexibility index (Phi) is 6.95. The number of esters is 1. The Hall–Kier alpha value is -3.30. The normalized spacial score (nSPS) is 15.8. The van der Waals surface area contributed by atoms with Crippen LogP contribution < -0.4 is 19.6 Å². The number of rotatable bonds is 6. The fourth-order valence-electron chi connectivity index (χ4n) is 3.70. The molecule has 6 nitrogen and oxygen atoms in total. The van der Waals surface area contributed by atoms with E-state index in [4.69, 9.17) is 16.3 Å². The van der Waals surface area contributed by atoms with E-state index in [1.807, 2.05) is 0 Å². The maximum absolute atomic E-state index is 13.5. The number of fused-ring (bicyclic) bond motifs is 1. The number of halogens is 3. The molecule has 0 bridgehead atoms. The highest BCUT2D eigenvalue weighted by Gasteiger charge is 2.33. The summed E-state index contributed by atoms with van der Waals surface area (Å²) in [6.45, 7) is 0.529. The van der Waals surface area contributed by atoms with Gasteiger partial charge in [-0.3, -0.25) is 9.36 Å². The van der Waals surface area contributed by atoms with E-state index >= 15 is 0 Å². The number of ether oxygens (including phenoxy) is 2. The Morgan fingerprint density at radius 3 is 2.62 bits per heavy atom. The van der Waals surface area contributed by atoms with Crippen molar-refractivity contribution in [3.05, 3.63) is 95.6 Å². The smallest absolute Gasteiger partial charge is 0.387 e. The van der Waals surface area contributed by atoms with Crippen LogP contribution in [-0.4, -0.2) is 23.8 Å². The second kappa shape index (κ2) is 9.90. The van der Waals surface area contributed by atoms with Gasteiger partial charge in [-0.15, -0.1) is 0 Å². The highest BCUT2D eigenvalue weighted by Crippen LogP contribution is 2.31. The molecule has 1 aromatic heterocycles. The molecule has 0 spiro atoms. The first kappa shape index (κ1) is 23.8. The molecule has 0 fully saturated rings. The summed E-state index contributed by atoms with van der Waals surface area (Å²) in [7, 11) is 0. The van der Waals surface area contributed by atoms with Gasteiger partial charge in [0.2, 0.25) is 0 Å². The lowest BCUT2D eigenvalue weighted by Crippen LogP contribution is -2.39. The van der Waals surface area contributed by atoms with Gasteiger partial charge in [0.25, 0.3) is 5.56 Å². The van der Waals surface area contributed by atoms with E-state index in [-0.39, 0.29) is 22.5 Å². The summed E-state index contributed by atoms with van der Waals surface area (Å²) in [4.78, 5) is 31.2. The van der Waals surface area contributed by atoms with Crippen molar-refractivity contribution in [3.8, 4) is 5.75 Å². The molecule has 0 amide bonds. The van der Waals surface area contributed by atoms with Crippen molar-refractivity contribution in [3.63, 3.8) is 0 Å². The lowest BCUT2D eigenvalue weighted by atomic mass is 9.96. The summed E-state index contributed by atoms with van der Waals surface area (Å²) < 4.78 is 37.1. The van der Waals surface area contributed by atoms with Crippen molar-refractivity contribution in [2.45, 2.75) is 26.5 Å². The molecule has 4 rings (SSSR count). The second-order valence-electron chi connectivity index (χ2n) is 7.27. The lowest BCUT2D eigenvalue weighted by molar-refractivity contribution is -0.139. The van der Waals surface area contributed by atoms with Gasteiger partial charge in [0.1, 0.15) is 5.75 Å². The maximum atomic E-state index is 13.5. The molecule has 0 aliphatic carbocycles. The number of nitrogens with zero attached hydrogens (tertiary/aromatic N) is 2. The van der Waals surface area contributed by atoms with Crippen LogP contribution in [0, 0.1) is 0 Å². The quantitative estimate of drug-likeness (QED) is 0.475. The molecule has 2 aromatic carbocycles. The van der Waals surface area contributed by atoms with E-state index < -0.39 is 24.2 Å². The molecule has 0 N–H and O–H groups in total. The summed E-state index contributed by atoms with van der Waals surface area (Å²) >= 11 is 7.14. The van der Waals surface area contributed by atoms with Crippen LogP contribution in [0.1, 0.15) is 31.0 Å². The summed E-state index contributed by atoms with van der Waals surface area (Å²) in [5.74, 6) is -0.630. The molecule has 10 heteroatoms. The van der Waals surface area contributed by atoms with Gasteiger partial charge in [0, 0.05) is 10.6 Å². The summed E-state index contributed by atoms with van der Waals surface area (Å²) in [6, 6.07) is 12.2. The third-order valence-electron chi connectivity index (χ3n) is 5.12. The molecule has 3 aromatic rings. The average Bonchev–Trinajstić information content (AvgIpc) is 3.09. The minimum absolute atomic E-state index is 0.0546. The molecular weight excluding hydrogens is 486 g/mol. The van der Waals surface area contributed by atoms with Crippen molar-refractivity contribution in [2.75, 3.05) is 6.61 Å². The van der Waals surface area contributed by atoms with Gasteiger partial charge in [-0.25, -0.2) is 9.79 Å². The standard InChI is InChI=1S/C24H19ClF2N2O4S/c1-3-32-22(31)19-13(2)28-24-29(20(19)14-8-10-16(25)11-9-14)21(30)18(34-24)12-15-6-4-5-7-17(15)33-23(26)27/h4-12,20,23H,3H2,1-2H3/b18-12+/t20-/m0/s1. The number of carbonyl (C=O) groups excluding carboxylic acids is 1. The van der Waals surface area contributed by atoms with E-state index in [2.05, 4.69) is 9.73 Å². The minimum Gasteiger partial charge on any atom is -0.463 e. The Labute approximate surface area is 202 Å². The van der Waals surface area contributed by atoms with Crippen LogP contribution in [0.4, 0.5) is 8.78 Å². The molecule has 1 aliphatic rings. The predicted molar refractivity (Wildman–Crippen MR) is 125 cm³/mol. The van der Waals surface area contributed by atoms with E-state index in [1.165, 1.54) is 16.7 Å². The SMILES string of the molecule is CCOC(=O)C1=C(C)N=c2s/c(=C/c3ccccc3OC(F)F)c(=O)n2[C@H]1c1ccc(Cl)cc1. The van der Waals surface area contributed by atoms with E-state index in [1.54, 1.807) is 56.3 Å². The van der Waals surface area contributed by atoms with E-state index in [9.17, 15) is 18.4 Å². The zero-order chi connectivity index (χ0) is 24.4. The molecular formula is C24H19ClF2N2O4S. The van der Waals surface area contributed by atoms with Gasteiger partial charge >= 0.3 is 12.6 Å². The van der Waals surface area contributed by atoms with Crippen LogP contribution in [0.2, 0.25) is 5.02 Å². The van der Waals surface area contributed by atoms with Crippen LogP contribution >= 0.6 is 22.9 Å². The first-order valence-electron chi connectivity index (χ1n) is 10.3. The van der Waals surface area contributed by atoms with Crippen molar-refractivity contribution in [1.29, 1.82) is 0 Å². The van der Waals surface area contributed by atoms with Crippen molar-refractivity contribution in [2.24, 2.45) is 4.99 Å². The number of alkyl halides is 2. The van der Waals surface area contributed by atoms with Gasteiger partial charge in [0.05, 0.1) is 28.5 Å². The van der Waals surface area contributed by atoms with Gasteiger partial charge < -0.3 is 9.47 Å². The highest BCUT2D eigenvalue weighted by atomic mass is 35.5. The molecule has 176 valence electrons. The number of benzene rings is 2. The van der Waals surface area contributed by atoms with Crippen LogP contribution in [-0.2, 0) is 9.53 Å². The summed E-state index contributed by atoms with van der Waals surface area (Å²) in [5, 5.41) is 0.505. The summed E-state index contributed by atoms with van der Waals surface area (Å²) in [5.41, 5.74) is 1.20. The topological polar surface area (TPSA) is 69.9 Å². The minimum atomic E-state index is -3.00. The van der Waals surface area contributed by atoms with Gasteiger partial charge in [-0.05, 0) is 43.7 Å². The van der Waals surface area contributed by atoms with Crippen molar-refractivity contribution < 1.29 is 23.0 Å². The van der Waals surface area contributed by atoms with Gasteiger partial charge in [-0.2, -0.15) is 8.78 Å². The largest absolute Gasteiger partial charge is 0.463 e. The van der Waals surface area contributed by atoms with Gasteiger partial charge in [0.15, 0.2) is 4.80 Å². The second-order valence-corrected chi connectivity index (χ2v) is 8.72. The Balaban J connectivity index is 1.93. The molecule has 0 saturated carbocycles. The van der Waals surface area contributed by atoms with E-state index in [0.717, 1.165) is 11.3 Å². The fourth-order valence-corrected chi connectivity index (χ4v) is 4.86. The van der Waals surface area contributed by atoms with Crippen molar-refractivity contribution in [1.82, 2.24) is 4.57 Å². The van der Waals surface area contributed by atoms with Gasteiger partial charge in [-0.1, -0.05) is 53.3 Å². The zero-order valence-electron chi connectivity index (χ0n) is 18.1. The molecule has 34 heavy (non-hydrogen) atoms. The number of thiazole rings is 1. The Morgan fingerprint density at radius 1 is 1.24 bits per heavy atom. The first-order chi connectivity index (χ1) is 16.3. The van der Waals surface area contributed by atoms with Crippen molar-refractivity contribution >= 4 is 35.0 Å². The van der Waals surface area contributed by atoms with Crippen LogP contribution in [0.3, 0.4) is 0 Å². The molecule has 1 aliphatic heterocycles. The van der Waals surface area contributed by atoms with E-state index in [0.29, 0.717) is 26.6 Å². The molecule has 1 atom stereocenters. The average molecular weight is 505 g/mol. The first-order valence-corrected chi connectivity index (χ1v) is 11.5. The lowest BCUT2D eigenvalue weighted by Gasteiger charge is -2.24. The monoisotopic (exact) mass is 504 g/mol. The maximum Gasteiger partial charge on any atom is 0.387 e. The zero-order valence-corrected chi connectivity index (χ0v) is 19.7. The number of carbonyl (C=O) groups is 1. The summed E-state index contributed by atoms with van der Waals surface area (Å²) in [6.07, 6.45) is 1.48. The molecule has 0 radical (unpaired) electrons.